The summed E-state index contributed by atoms with van der Waals surface area (Å²) in [4.78, 5) is 19.2. The highest BCUT2D eigenvalue weighted by atomic mass is 32.2. The van der Waals surface area contributed by atoms with Gasteiger partial charge in [-0.25, -0.2) is 18.1 Å². The Morgan fingerprint density at radius 1 is 1.00 bits per heavy atom. The van der Waals surface area contributed by atoms with Gasteiger partial charge in [-0.1, -0.05) is 6.07 Å². The van der Waals surface area contributed by atoms with Gasteiger partial charge in [-0.2, -0.15) is 26.3 Å². The molecular weight excluding hydrogens is 478 g/mol. The molecule has 0 aliphatic carbocycles. The lowest BCUT2D eigenvalue weighted by Crippen LogP contribution is -2.49. The largest absolute Gasteiger partial charge is 0.417 e. The Morgan fingerprint density at radius 3 is 2.21 bits per heavy atom. The van der Waals surface area contributed by atoms with Crippen molar-refractivity contribution in [2.24, 2.45) is 0 Å². The SMILES string of the molecule is O=C(c1cccc(S(=O)(=O)NCC(F)(F)F)c1)N1CCN(c2ccc(C(F)(F)F)cn2)CC1. The number of piperazine rings is 1. The molecule has 1 aliphatic heterocycles. The van der Waals surface area contributed by atoms with E-state index in [0.29, 0.717) is 5.82 Å². The fourth-order valence-corrected chi connectivity index (χ4v) is 4.18. The number of pyridine rings is 1. The second-order valence-electron chi connectivity index (χ2n) is 7.15. The third-order valence-corrected chi connectivity index (χ3v) is 6.22. The van der Waals surface area contributed by atoms with Crippen molar-refractivity contribution in [3.05, 3.63) is 53.7 Å². The van der Waals surface area contributed by atoms with Crippen LogP contribution in [-0.4, -0.2) is 63.1 Å². The maximum Gasteiger partial charge on any atom is 0.417 e. The molecule has 2 aromatic rings. The van der Waals surface area contributed by atoms with Gasteiger partial charge in [0.05, 0.1) is 10.5 Å². The molecule has 1 N–H and O–H groups in total. The summed E-state index contributed by atoms with van der Waals surface area (Å²) in [6.07, 6.45) is -8.51. The van der Waals surface area contributed by atoms with E-state index >= 15 is 0 Å². The topological polar surface area (TPSA) is 82.6 Å². The van der Waals surface area contributed by atoms with Crippen molar-refractivity contribution < 1.29 is 39.6 Å². The Bertz CT molecular complexity index is 1100. The fraction of sp³-hybridized carbons (Fsp3) is 0.368. The van der Waals surface area contributed by atoms with Crippen molar-refractivity contribution in [3.8, 4) is 0 Å². The van der Waals surface area contributed by atoms with Crippen LogP contribution in [0.4, 0.5) is 32.2 Å². The number of nitrogens with zero attached hydrogens (tertiary/aromatic N) is 3. The number of aromatic nitrogens is 1. The number of amides is 1. The van der Waals surface area contributed by atoms with E-state index in [1.165, 1.54) is 27.8 Å². The van der Waals surface area contributed by atoms with Crippen LogP contribution in [0.3, 0.4) is 0 Å². The van der Waals surface area contributed by atoms with Gasteiger partial charge in [0.1, 0.15) is 12.4 Å². The number of nitrogens with one attached hydrogen (secondary N) is 1. The molecule has 1 amide bonds. The highest BCUT2D eigenvalue weighted by molar-refractivity contribution is 7.89. The molecule has 3 rings (SSSR count). The lowest BCUT2D eigenvalue weighted by Gasteiger charge is -2.35. The summed E-state index contributed by atoms with van der Waals surface area (Å²) in [7, 11) is -4.48. The van der Waals surface area contributed by atoms with Gasteiger partial charge >= 0.3 is 12.4 Å². The normalized spacial score (nSPS) is 15.6. The van der Waals surface area contributed by atoms with Crippen molar-refractivity contribution in [2.75, 3.05) is 37.6 Å². The summed E-state index contributed by atoms with van der Waals surface area (Å²) in [6.45, 7) is -0.826. The van der Waals surface area contributed by atoms with Crippen molar-refractivity contribution in [1.82, 2.24) is 14.6 Å². The second-order valence-corrected chi connectivity index (χ2v) is 8.92. The lowest BCUT2D eigenvalue weighted by molar-refractivity contribution is -0.137. The zero-order chi connectivity index (χ0) is 24.4. The van der Waals surface area contributed by atoms with Gasteiger partial charge in [0.25, 0.3) is 5.91 Å². The minimum Gasteiger partial charge on any atom is -0.353 e. The van der Waals surface area contributed by atoms with Gasteiger partial charge < -0.3 is 9.80 Å². The molecule has 1 aliphatic rings. The molecule has 14 heteroatoms. The first-order valence-corrected chi connectivity index (χ1v) is 11.0. The molecular formula is C19H18F6N4O3S. The summed E-state index contributed by atoms with van der Waals surface area (Å²) >= 11 is 0. The molecule has 0 unspecified atom stereocenters. The number of rotatable bonds is 5. The predicted octanol–water partition coefficient (Wildman–Crippen LogP) is 2.90. The number of benzene rings is 1. The number of carbonyl (C=O) groups excluding carboxylic acids is 1. The van der Waals surface area contributed by atoms with Gasteiger partial charge in [0, 0.05) is 37.9 Å². The van der Waals surface area contributed by atoms with Crippen molar-refractivity contribution >= 4 is 21.7 Å². The van der Waals surface area contributed by atoms with E-state index < -0.39 is 45.3 Å². The third-order valence-electron chi connectivity index (χ3n) is 4.82. The molecule has 7 nitrogen and oxygen atoms in total. The Labute approximate surface area is 185 Å². The number of anilines is 1. The molecule has 0 atom stereocenters. The van der Waals surface area contributed by atoms with E-state index in [-0.39, 0.29) is 31.7 Å². The van der Waals surface area contributed by atoms with E-state index in [4.69, 9.17) is 0 Å². The highest BCUT2D eigenvalue weighted by Crippen LogP contribution is 2.29. The van der Waals surface area contributed by atoms with E-state index in [1.807, 2.05) is 0 Å². The molecule has 33 heavy (non-hydrogen) atoms. The number of sulfonamides is 1. The predicted molar refractivity (Wildman–Crippen MR) is 105 cm³/mol. The van der Waals surface area contributed by atoms with E-state index in [0.717, 1.165) is 24.4 Å². The van der Waals surface area contributed by atoms with E-state index in [9.17, 15) is 39.6 Å². The van der Waals surface area contributed by atoms with Crippen LogP contribution in [0, 0.1) is 0 Å². The first-order valence-electron chi connectivity index (χ1n) is 9.50. The van der Waals surface area contributed by atoms with Crippen LogP contribution in [0.2, 0.25) is 0 Å². The quantitative estimate of drug-likeness (QED) is 0.644. The standard InChI is InChI=1S/C19H18F6N4O3S/c20-18(21,22)12-27-33(31,32)15-3-1-2-13(10-15)17(30)29-8-6-28(7-9-29)16-5-4-14(11-26-16)19(23,24)25/h1-5,10-11,27H,6-9,12H2. The third kappa shape index (κ3) is 6.35. The molecule has 0 spiro atoms. The number of halogens is 6. The first kappa shape index (κ1) is 24.8. The number of carbonyl (C=O) groups is 1. The zero-order valence-electron chi connectivity index (χ0n) is 16.8. The Kier molecular flexibility index (Phi) is 6.88. The molecule has 1 fully saturated rings. The maximum absolute atomic E-state index is 12.8. The summed E-state index contributed by atoms with van der Waals surface area (Å²) in [5, 5.41) is 0. The average Bonchev–Trinajstić information content (AvgIpc) is 2.77. The van der Waals surface area contributed by atoms with Gasteiger partial charge in [0.2, 0.25) is 10.0 Å². The average molecular weight is 496 g/mol. The lowest BCUT2D eigenvalue weighted by atomic mass is 10.2. The van der Waals surface area contributed by atoms with Gasteiger partial charge in [-0.3, -0.25) is 4.79 Å². The molecule has 1 aromatic carbocycles. The van der Waals surface area contributed by atoms with Crippen LogP contribution in [0.5, 0.6) is 0 Å². The van der Waals surface area contributed by atoms with Crippen LogP contribution < -0.4 is 9.62 Å². The van der Waals surface area contributed by atoms with Crippen LogP contribution in [0.1, 0.15) is 15.9 Å². The highest BCUT2D eigenvalue weighted by Gasteiger charge is 2.32. The monoisotopic (exact) mass is 496 g/mol. The van der Waals surface area contributed by atoms with Crippen LogP contribution in [0.25, 0.3) is 0 Å². The zero-order valence-corrected chi connectivity index (χ0v) is 17.6. The van der Waals surface area contributed by atoms with E-state index in [1.54, 1.807) is 4.90 Å². The van der Waals surface area contributed by atoms with E-state index in [2.05, 4.69) is 4.98 Å². The summed E-state index contributed by atoms with van der Waals surface area (Å²) < 4.78 is 101. The summed E-state index contributed by atoms with van der Waals surface area (Å²) in [5.41, 5.74) is -0.898. The Balaban J connectivity index is 1.64. The second kappa shape index (κ2) is 9.17. The van der Waals surface area contributed by atoms with Crippen LogP contribution in [-0.2, 0) is 16.2 Å². The number of hydrogen-bond acceptors (Lipinski definition) is 5. The molecule has 1 aromatic heterocycles. The number of alkyl halides is 6. The minimum atomic E-state index is -4.73. The minimum absolute atomic E-state index is 0.0222. The first-order chi connectivity index (χ1) is 15.3. The van der Waals surface area contributed by atoms with Crippen molar-refractivity contribution in [2.45, 2.75) is 17.2 Å². The maximum atomic E-state index is 12.8. The molecule has 0 bridgehead atoms. The molecule has 180 valence electrons. The van der Waals surface area contributed by atoms with Crippen LogP contribution in [0.15, 0.2) is 47.5 Å². The number of hydrogen-bond donors (Lipinski definition) is 1. The molecule has 1 saturated heterocycles. The Hall–Kier alpha value is -2.87. The summed E-state index contributed by atoms with van der Waals surface area (Å²) in [5.74, 6) is -0.207. The van der Waals surface area contributed by atoms with Crippen molar-refractivity contribution in [1.29, 1.82) is 0 Å². The Morgan fingerprint density at radius 2 is 1.67 bits per heavy atom. The molecule has 0 radical (unpaired) electrons. The van der Waals surface area contributed by atoms with Crippen LogP contribution >= 0.6 is 0 Å². The summed E-state index contributed by atoms with van der Waals surface area (Å²) in [6, 6.07) is 6.81. The van der Waals surface area contributed by atoms with Gasteiger partial charge in [0.15, 0.2) is 0 Å². The molecule has 0 saturated carbocycles. The van der Waals surface area contributed by atoms with Gasteiger partial charge in [-0.05, 0) is 30.3 Å². The smallest absolute Gasteiger partial charge is 0.353 e. The van der Waals surface area contributed by atoms with Gasteiger partial charge in [-0.15, -0.1) is 0 Å². The van der Waals surface area contributed by atoms with Crippen molar-refractivity contribution in [3.63, 3.8) is 0 Å². The fourth-order valence-electron chi connectivity index (χ4n) is 3.12. The molecule has 2 heterocycles.